The minimum Gasteiger partial charge on any atom is -0.481 e. The molecule has 2 heterocycles. The molecule has 0 saturated carbocycles. The summed E-state index contributed by atoms with van der Waals surface area (Å²) in [4.78, 5) is 28.0. The van der Waals surface area contributed by atoms with Crippen LogP contribution < -0.4 is 5.32 Å². The SMILES string of the molecule is Cc1cc(C(=O)Nc2ccc(CCC(=O)O)cc2)c2cnn(C(C)C)c2n1. The second-order valence-electron chi connectivity index (χ2n) is 6.78. The molecule has 0 atom stereocenters. The van der Waals surface area contributed by atoms with Crippen molar-refractivity contribution in [3.8, 4) is 0 Å². The molecule has 3 aromatic rings. The third kappa shape index (κ3) is 4.13. The van der Waals surface area contributed by atoms with E-state index in [0.717, 1.165) is 11.3 Å². The lowest BCUT2D eigenvalue weighted by Gasteiger charge is -2.10. The Morgan fingerprint density at radius 2 is 1.93 bits per heavy atom. The first-order valence-corrected chi connectivity index (χ1v) is 8.82. The molecule has 0 bridgehead atoms. The quantitative estimate of drug-likeness (QED) is 0.695. The third-order valence-electron chi connectivity index (χ3n) is 4.27. The number of anilines is 1. The summed E-state index contributed by atoms with van der Waals surface area (Å²) in [5.41, 5.74) is 3.53. The van der Waals surface area contributed by atoms with Gasteiger partial charge in [0.25, 0.3) is 5.91 Å². The van der Waals surface area contributed by atoms with Gasteiger partial charge in [-0.05, 0) is 51.0 Å². The Morgan fingerprint density at radius 1 is 1.22 bits per heavy atom. The molecule has 140 valence electrons. The number of aromatic nitrogens is 3. The van der Waals surface area contributed by atoms with E-state index in [1.54, 1.807) is 29.1 Å². The molecule has 0 aliphatic carbocycles. The molecule has 7 heteroatoms. The van der Waals surface area contributed by atoms with E-state index in [1.165, 1.54) is 0 Å². The number of rotatable bonds is 6. The Balaban J connectivity index is 1.83. The number of carbonyl (C=O) groups is 2. The molecule has 1 aromatic carbocycles. The average Bonchev–Trinajstić information content (AvgIpc) is 3.04. The van der Waals surface area contributed by atoms with Gasteiger partial charge in [-0.3, -0.25) is 9.59 Å². The molecule has 0 aliphatic rings. The van der Waals surface area contributed by atoms with Gasteiger partial charge in [-0.25, -0.2) is 9.67 Å². The van der Waals surface area contributed by atoms with Crippen molar-refractivity contribution in [1.82, 2.24) is 14.8 Å². The average molecular weight is 366 g/mol. The van der Waals surface area contributed by atoms with E-state index < -0.39 is 5.97 Å². The number of benzene rings is 1. The van der Waals surface area contributed by atoms with E-state index in [4.69, 9.17) is 5.11 Å². The minimum atomic E-state index is -0.827. The molecule has 0 radical (unpaired) electrons. The summed E-state index contributed by atoms with van der Waals surface area (Å²) in [6.45, 7) is 5.88. The zero-order chi connectivity index (χ0) is 19.6. The van der Waals surface area contributed by atoms with E-state index in [1.807, 2.05) is 32.9 Å². The number of fused-ring (bicyclic) bond motifs is 1. The molecule has 0 unspecified atom stereocenters. The molecule has 2 N–H and O–H groups in total. The van der Waals surface area contributed by atoms with E-state index in [-0.39, 0.29) is 18.4 Å². The molecule has 0 aliphatic heterocycles. The molecule has 0 fully saturated rings. The highest BCUT2D eigenvalue weighted by Gasteiger charge is 2.17. The molecular formula is C20H22N4O3. The van der Waals surface area contributed by atoms with Gasteiger partial charge in [-0.15, -0.1) is 0 Å². The highest BCUT2D eigenvalue weighted by Crippen LogP contribution is 2.22. The zero-order valence-corrected chi connectivity index (χ0v) is 15.6. The number of nitrogens with zero attached hydrogens (tertiary/aromatic N) is 3. The summed E-state index contributed by atoms with van der Waals surface area (Å²) < 4.78 is 1.80. The van der Waals surface area contributed by atoms with Gasteiger partial charge in [-0.2, -0.15) is 5.10 Å². The van der Waals surface area contributed by atoms with Gasteiger partial charge in [0.15, 0.2) is 5.65 Å². The van der Waals surface area contributed by atoms with Crippen LogP contribution in [-0.2, 0) is 11.2 Å². The van der Waals surface area contributed by atoms with Crippen LogP contribution >= 0.6 is 0 Å². The Bertz CT molecular complexity index is 990. The second kappa shape index (κ2) is 7.57. The summed E-state index contributed by atoms with van der Waals surface area (Å²) in [7, 11) is 0. The van der Waals surface area contributed by atoms with Crippen LogP contribution in [0.2, 0.25) is 0 Å². The number of hydrogen-bond acceptors (Lipinski definition) is 4. The van der Waals surface area contributed by atoms with Crippen molar-refractivity contribution in [2.24, 2.45) is 0 Å². The monoisotopic (exact) mass is 366 g/mol. The second-order valence-corrected chi connectivity index (χ2v) is 6.78. The first kappa shape index (κ1) is 18.6. The maximum atomic E-state index is 12.8. The smallest absolute Gasteiger partial charge is 0.303 e. The molecule has 0 spiro atoms. The lowest BCUT2D eigenvalue weighted by atomic mass is 10.1. The molecule has 1 amide bonds. The van der Waals surface area contributed by atoms with Crippen LogP contribution in [0.15, 0.2) is 36.5 Å². The van der Waals surface area contributed by atoms with E-state index >= 15 is 0 Å². The Hall–Kier alpha value is -3.22. The lowest BCUT2D eigenvalue weighted by Crippen LogP contribution is -2.13. The van der Waals surface area contributed by atoms with Crippen LogP contribution in [0.5, 0.6) is 0 Å². The number of carboxylic acids is 1. The molecule has 0 saturated heterocycles. The van der Waals surface area contributed by atoms with E-state index in [2.05, 4.69) is 15.4 Å². The third-order valence-corrected chi connectivity index (χ3v) is 4.27. The van der Waals surface area contributed by atoms with Crippen LogP contribution in [0, 0.1) is 6.92 Å². The summed E-state index contributed by atoms with van der Waals surface area (Å²) in [6, 6.07) is 9.10. The fourth-order valence-electron chi connectivity index (χ4n) is 2.91. The van der Waals surface area contributed by atoms with Crippen LogP contribution in [0.25, 0.3) is 11.0 Å². The number of carboxylic acid groups (broad SMARTS) is 1. The number of nitrogens with one attached hydrogen (secondary N) is 1. The van der Waals surface area contributed by atoms with Crippen LogP contribution in [0.3, 0.4) is 0 Å². The van der Waals surface area contributed by atoms with Crippen molar-refractivity contribution < 1.29 is 14.7 Å². The van der Waals surface area contributed by atoms with Crippen molar-refractivity contribution in [2.75, 3.05) is 5.32 Å². The number of hydrogen-bond donors (Lipinski definition) is 2. The Kier molecular flexibility index (Phi) is 5.21. The van der Waals surface area contributed by atoms with Crippen LogP contribution in [-0.4, -0.2) is 31.7 Å². The number of aliphatic carboxylic acids is 1. The summed E-state index contributed by atoms with van der Waals surface area (Å²) in [6.07, 6.45) is 2.22. The molecule has 3 rings (SSSR count). The van der Waals surface area contributed by atoms with Crippen molar-refractivity contribution in [1.29, 1.82) is 0 Å². The zero-order valence-electron chi connectivity index (χ0n) is 15.6. The predicted octanol–water partition coefficient (Wildman–Crippen LogP) is 3.59. The van der Waals surface area contributed by atoms with Gasteiger partial charge in [0.1, 0.15) is 0 Å². The van der Waals surface area contributed by atoms with E-state index in [9.17, 15) is 9.59 Å². The van der Waals surface area contributed by atoms with Gasteiger partial charge >= 0.3 is 5.97 Å². The minimum absolute atomic E-state index is 0.0832. The fourth-order valence-corrected chi connectivity index (χ4v) is 2.91. The Morgan fingerprint density at radius 3 is 2.56 bits per heavy atom. The van der Waals surface area contributed by atoms with Crippen LogP contribution in [0.1, 0.15) is 47.9 Å². The van der Waals surface area contributed by atoms with Gasteiger partial charge in [0.05, 0.1) is 17.1 Å². The lowest BCUT2D eigenvalue weighted by molar-refractivity contribution is -0.136. The van der Waals surface area contributed by atoms with Crippen molar-refractivity contribution >= 4 is 28.6 Å². The van der Waals surface area contributed by atoms with Crippen LogP contribution in [0.4, 0.5) is 5.69 Å². The molecule has 7 nitrogen and oxygen atoms in total. The number of aryl methyl sites for hydroxylation is 2. The first-order valence-electron chi connectivity index (χ1n) is 8.82. The summed E-state index contributed by atoms with van der Waals surface area (Å²) in [5.74, 6) is -1.06. The summed E-state index contributed by atoms with van der Waals surface area (Å²) >= 11 is 0. The van der Waals surface area contributed by atoms with Crippen molar-refractivity contribution in [3.05, 3.63) is 53.3 Å². The normalized spacial score (nSPS) is 11.1. The van der Waals surface area contributed by atoms with Gasteiger partial charge < -0.3 is 10.4 Å². The van der Waals surface area contributed by atoms with E-state index in [0.29, 0.717) is 28.7 Å². The van der Waals surface area contributed by atoms with Crippen molar-refractivity contribution in [3.63, 3.8) is 0 Å². The fraction of sp³-hybridized carbons (Fsp3) is 0.300. The number of pyridine rings is 1. The highest BCUT2D eigenvalue weighted by atomic mass is 16.4. The summed E-state index contributed by atoms with van der Waals surface area (Å²) in [5, 5.41) is 16.7. The van der Waals surface area contributed by atoms with Gasteiger partial charge in [0, 0.05) is 23.8 Å². The standard InChI is InChI=1S/C20H22N4O3/c1-12(2)24-19-17(11-21-24)16(10-13(3)22-19)20(27)23-15-7-4-14(5-8-15)6-9-18(25)26/h4-5,7-8,10-12H,6,9H2,1-3H3,(H,23,27)(H,25,26). The molecular weight excluding hydrogens is 344 g/mol. The number of carbonyl (C=O) groups excluding carboxylic acids is 1. The first-order chi connectivity index (χ1) is 12.8. The largest absolute Gasteiger partial charge is 0.481 e. The maximum Gasteiger partial charge on any atom is 0.303 e. The van der Waals surface area contributed by atoms with Gasteiger partial charge in [0.2, 0.25) is 0 Å². The van der Waals surface area contributed by atoms with Crippen molar-refractivity contribution in [2.45, 2.75) is 39.7 Å². The van der Waals surface area contributed by atoms with Gasteiger partial charge in [-0.1, -0.05) is 12.1 Å². The molecule has 2 aromatic heterocycles. The predicted molar refractivity (Wildman–Crippen MR) is 103 cm³/mol. The maximum absolute atomic E-state index is 12.8. The Labute approximate surface area is 157 Å². The highest BCUT2D eigenvalue weighted by molar-refractivity contribution is 6.12. The molecule has 27 heavy (non-hydrogen) atoms. The number of amides is 1. The topological polar surface area (TPSA) is 97.1 Å².